The molecule has 3 rings (SSSR count). The summed E-state index contributed by atoms with van der Waals surface area (Å²) < 4.78 is 13.2. The van der Waals surface area contributed by atoms with E-state index in [9.17, 15) is 14.0 Å². The number of carbonyl (C=O) groups is 2. The van der Waals surface area contributed by atoms with Crippen molar-refractivity contribution in [3.63, 3.8) is 0 Å². The van der Waals surface area contributed by atoms with Crippen LogP contribution in [0.1, 0.15) is 40.5 Å². The minimum absolute atomic E-state index is 0.0106. The Balaban J connectivity index is 1.61. The molecule has 0 bridgehead atoms. The molecule has 1 atom stereocenters. The van der Waals surface area contributed by atoms with Crippen molar-refractivity contribution in [1.29, 1.82) is 0 Å². The molecule has 34 heavy (non-hydrogen) atoms. The average Bonchev–Trinajstić information content (AvgIpc) is 3.08. The highest BCUT2D eigenvalue weighted by Crippen LogP contribution is 2.20. The normalized spacial score (nSPS) is 15.1. The van der Waals surface area contributed by atoms with E-state index in [4.69, 9.17) is 0 Å². The third-order valence-corrected chi connectivity index (χ3v) is 6.06. The van der Waals surface area contributed by atoms with E-state index < -0.39 is 0 Å². The van der Waals surface area contributed by atoms with Crippen LogP contribution in [0.3, 0.4) is 0 Å². The number of carbonyl (C=O) groups excluding carboxylic acids is 2. The molecule has 0 radical (unpaired) electrons. The SMILES string of the molecule is CC[C@H](C)N(CC(=O)N1CCCN(c2ccc(-c3ccc(F)cc3)nn2)CC1)C(=O)NC(C)C. The van der Waals surface area contributed by atoms with Gasteiger partial charge in [-0.15, -0.1) is 10.2 Å². The molecule has 1 aromatic heterocycles. The van der Waals surface area contributed by atoms with Crippen molar-refractivity contribution < 1.29 is 14.0 Å². The summed E-state index contributed by atoms with van der Waals surface area (Å²) in [5.74, 6) is 0.418. The van der Waals surface area contributed by atoms with Gasteiger partial charge < -0.3 is 20.0 Å². The summed E-state index contributed by atoms with van der Waals surface area (Å²) in [5, 5.41) is 11.6. The van der Waals surface area contributed by atoms with Crippen LogP contribution in [-0.2, 0) is 4.79 Å². The molecular formula is C25H35FN6O2. The first kappa shape index (κ1) is 25.4. The molecular weight excluding hydrogens is 435 g/mol. The molecule has 1 aliphatic rings. The molecule has 8 nitrogen and oxygen atoms in total. The monoisotopic (exact) mass is 470 g/mol. The summed E-state index contributed by atoms with van der Waals surface area (Å²) in [5.41, 5.74) is 1.49. The summed E-state index contributed by atoms with van der Waals surface area (Å²) >= 11 is 0. The first-order chi connectivity index (χ1) is 16.3. The fourth-order valence-corrected chi connectivity index (χ4v) is 3.89. The second-order valence-corrected chi connectivity index (χ2v) is 8.99. The number of halogens is 1. The number of nitrogens with zero attached hydrogens (tertiary/aromatic N) is 5. The number of aromatic nitrogens is 2. The summed E-state index contributed by atoms with van der Waals surface area (Å²) in [6, 6.07) is 9.73. The van der Waals surface area contributed by atoms with Gasteiger partial charge in [-0.05, 0) is 70.0 Å². The molecule has 9 heteroatoms. The minimum atomic E-state index is -0.287. The van der Waals surface area contributed by atoms with Crippen molar-refractivity contribution in [2.24, 2.45) is 0 Å². The van der Waals surface area contributed by atoms with Gasteiger partial charge in [0.1, 0.15) is 12.4 Å². The van der Waals surface area contributed by atoms with Crippen molar-refractivity contribution >= 4 is 17.8 Å². The molecule has 1 aromatic carbocycles. The van der Waals surface area contributed by atoms with Crippen LogP contribution >= 0.6 is 0 Å². The fraction of sp³-hybridized carbons (Fsp3) is 0.520. The predicted octanol–water partition coefficient (Wildman–Crippen LogP) is 3.54. The summed E-state index contributed by atoms with van der Waals surface area (Å²) in [7, 11) is 0. The number of benzene rings is 1. The lowest BCUT2D eigenvalue weighted by Crippen LogP contribution is -2.51. The topological polar surface area (TPSA) is 81.7 Å². The summed E-state index contributed by atoms with van der Waals surface area (Å²) in [4.78, 5) is 31.3. The molecule has 1 saturated heterocycles. The molecule has 1 fully saturated rings. The number of anilines is 1. The largest absolute Gasteiger partial charge is 0.353 e. The van der Waals surface area contributed by atoms with Gasteiger partial charge in [0.05, 0.1) is 5.69 Å². The first-order valence-corrected chi connectivity index (χ1v) is 12.0. The number of amides is 3. The van der Waals surface area contributed by atoms with Crippen LogP contribution in [0.5, 0.6) is 0 Å². The van der Waals surface area contributed by atoms with E-state index in [-0.39, 0.29) is 36.4 Å². The third kappa shape index (κ3) is 6.65. The van der Waals surface area contributed by atoms with Gasteiger partial charge in [-0.2, -0.15) is 0 Å². The maximum Gasteiger partial charge on any atom is 0.318 e. The molecule has 1 N–H and O–H groups in total. The highest BCUT2D eigenvalue weighted by atomic mass is 19.1. The number of hydrogen-bond acceptors (Lipinski definition) is 5. The van der Waals surface area contributed by atoms with Crippen LogP contribution in [0.4, 0.5) is 15.0 Å². The van der Waals surface area contributed by atoms with E-state index in [1.165, 1.54) is 12.1 Å². The van der Waals surface area contributed by atoms with E-state index in [0.29, 0.717) is 25.3 Å². The van der Waals surface area contributed by atoms with Gasteiger partial charge in [-0.3, -0.25) is 4.79 Å². The van der Waals surface area contributed by atoms with Crippen molar-refractivity contribution in [2.75, 3.05) is 37.6 Å². The lowest BCUT2D eigenvalue weighted by molar-refractivity contribution is -0.132. The zero-order valence-electron chi connectivity index (χ0n) is 20.5. The molecule has 0 saturated carbocycles. The summed E-state index contributed by atoms with van der Waals surface area (Å²) in [6.45, 7) is 10.5. The molecule has 0 aliphatic carbocycles. The number of nitrogens with one attached hydrogen (secondary N) is 1. The molecule has 2 heterocycles. The second-order valence-electron chi connectivity index (χ2n) is 8.99. The summed E-state index contributed by atoms with van der Waals surface area (Å²) in [6.07, 6.45) is 1.58. The maximum atomic E-state index is 13.2. The molecule has 0 unspecified atom stereocenters. The van der Waals surface area contributed by atoms with Crippen LogP contribution in [-0.4, -0.2) is 76.7 Å². The number of rotatable bonds is 7. The Kier molecular flexibility index (Phi) is 8.79. The Labute approximate surface area is 201 Å². The zero-order chi connectivity index (χ0) is 24.7. The number of hydrogen-bond donors (Lipinski definition) is 1. The van der Waals surface area contributed by atoms with Crippen molar-refractivity contribution in [3.05, 3.63) is 42.2 Å². The van der Waals surface area contributed by atoms with E-state index in [1.807, 2.05) is 44.7 Å². The van der Waals surface area contributed by atoms with Crippen LogP contribution in [0.25, 0.3) is 11.3 Å². The molecule has 184 valence electrons. The molecule has 2 aromatic rings. The lowest BCUT2D eigenvalue weighted by atomic mass is 10.1. The van der Waals surface area contributed by atoms with Gasteiger partial charge in [-0.1, -0.05) is 6.92 Å². The Hall–Kier alpha value is -3.23. The Morgan fingerprint density at radius 2 is 1.76 bits per heavy atom. The molecule has 3 amide bonds. The van der Waals surface area contributed by atoms with Crippen molar-refractivity contribution in [3.8, 4) is 11.3 Å². The maximum absolute atomic E-state index is 13.2. The van der Waals surface area contributed by atoms with Crippen LogP contribution < -0.4 is 10.2 Å². The Morgan fingerprint density at radius 1 is 1.03 bits per heavy atom. The van der Waals surface area contributed by atoms with Gasteiger partial charge in [0.25, 0.3) is 0 Å². The average molecular weight is 471 g/mol. The van der Waals surface area contributed by atoms with Crippen molar-refractivity contribution in [2.45, 2.75) is 52.6 Å². The van der Waals surface area contributed by atoms with Crippen molar-refractivity contribution in [1.82, 2.24) is 25.3 Å². The molecule has 0 spiro atoms. The smallest absolute Gasteiger partial charge is 0.318 e. The van der Waals surface area contributed by atoms with E-state index in [1.54, 1.807) is 17.0 Å². The van der Waals surface area contributed by atoms with Gasteiger partial charge in [0.2, 0.25) is 5.91 Å². The number of urea groups is 1. The van der Waals surface area contributed by atoms with E-state index >= 15 is 0 Å². The van der Waals surface area contributed by atoms with Gasteiger partial charge in [-0.25, -0.2) is 9.18 Å². The van der Waals surface area contributed by atoms with E-state index in [0.717, 1.165) is 30.8 Å². The van der Waals surface area contributed by atoms with E-state index in [2.05, 4.69) is 20.4 Å². The second kappa shape index (κ2) is 11.8. The lowest BCUT2D eigenvalue weighted by Gasteiger charge is -2.31. The van der Waals surface area contributed by atoms with Gasteiger partial charge in [0.15, 0.2) is 5.82 Å². The van der Waals surface area contributed by atoms with Crippen LogP contribution in [0.15, 0.2) is 36.4 Å². The first-order valence-electron chi connectivity index (χ1n) is 12.0. The predicted molar refractivity (Wildman–Crippen MR) is 131 cm³/mol. The quantitative estimate of drug-likeness (QED) is 0.669. The Morgan fingerprint density at radius 3 is 2.38 bits per heavy atom. The minimum Gasteiger partial charge on any atom is -0.353 e. The van der Waals surface area contributed by atoms with Gasteiger partial charge >= 0.3 is 6.03 Å². The zero-order valence-corrected chi connectivity index (χ0v) is 20.5. The Bertz CT molecular complexity index is 951. The van der Waals surface area contributed by atoms with Gasteiger partial charge in [0, 0.05) is 43.8 Å². The highest BCUT2D eigenvalue weighted by molar-refractivity contribution is 5.84. The standard InChI is InChI=1S/C25H35FN6O2/c1-5-19(4)32(25(34)27-18(2)3)17-24(33)31-14-6-13-30(15-16-31)23-12-11-22(28-29-23)20-7-9-21(26)10-8-20/h7-12,18-19H,5-6,13-17H2,1-4H3,(H,27,34)/t19-/m0/s1. The highest BCUT2D eigenvalue weighted by Gasteiger charge is 2.26. The fourth-order valence-electron chi connectivity index (χ4n) is 3.89. The van der Waals surface area contributed by atoms with Crippen LogP contribution in [0, 0.1) is 5.82 Å². The van der Waals surface area contributed by atoms with Crippen LogP contribution in [0.2, 0.25) is 0 Å². The molecule has 1 aliphatic heterocycles. The third-order valence-electron chi connectivity index (χ3n) is 6.06.